The van der Waals surface area contributed by atoms with Gasteiger partial charge in [0, 0.05) is 38.3 Å². The molecule has 26 heavy (non-hydrogen) atoms. The number of rotatable bonds is 5. The Hall–Kier alpha value is -2.20. The van der Waals surface area contributed by atoms with Gasteiger partial charge in [0.1, 0.15) is 5.54 Å². The van der Waals surface area contributed by atoms with Gasteiger partial charge in [-0.15, -0.1) is 0 Å². The van der Waals surface area contributed by atoms with Crippen LogP contribution in [0.2, 0.25) is 0 Å². The lowest BCUT2D eigenvalue weighted by Crippen LogP contribution is -2.58. The molecule has 1 atom stereocenters. The van der Waals surface area contributed by atoms with Crippen LogP contribution in [0.25, 0.3) is 0 Å². The summed E-state index contributed by atoms with van der Waals surface area (Å²) in [5, 5.41) is 12.6. The Morgan fingerprint density at radius 1 is 1.31 bits per heavy atom. The zero-order valence-electron chi connectivity index (χ0n) is 15.2. The monoisotopic (exact) mass is 356 g/mol. The Labute approximate surface area is 155 Å². The molecule has 7 nitrogen and oxygen atoms in total. The Morgan fingerprint density at radius 2 is 1.96 bits per heavy atom. The second-order valence-electron chi connectivity index (χ2n) is 7.57. The molecule has 1 amide bonds. The minimum atomic E-state index is -0.841. The van der Waals surface area contributed by atoms with Crippen LogP contribution >= 0.6 is 0 Å². The van der Waals surface area contributed by atoms with Gasteiger partial charge in [-0.05, 0) is 18.4 Å². The standard InChI is InChI=1S/C19H28N6O/c20-14-19(7-11-25(12-8-19)18-22-9-4-10-23-18)24-17(26)16(21)13-15-5-2-1-3-6-15/h4,9-10,15-16H,1-3,5-8,11-13,21H2,(H,24,26). The second-order valence-corrected chi connectivity index (χ2v) is 7.57. The maximum Gasteiger partial charge on any atom is 0.238 e. The number of carbonyl (C=O) groups excluding carboxylic acids is 1. The van der Waals surface area contributed by atoms with Gasteiger partial charge >= 0.3 is 0 Å². The van der Waals surface area contributed by atoms with E-state index in [2.05, 4.69) is 21.4 Å². The first-order valence-electron chi connectivity index (χ1n) is 9.63. The van der Waals surface area contributed by atoms with Gasteiger partial charge in [-0.2, -0.15) is 5.26 Å². The molecule has 2 aliphatic rings. The number of nitriles is 1. The zero-order chi connectivity index (χ0) is 18.4. The smallest absolute Gasteiger partial charge is 0.238 e. The highest BCUT2D eigenvalue weighted by molar-refractivity contribution is 5.82. The third-order valence-electron chi connectivity index (χ3n) is 5.68. The van der Waals surface area contributed by atoms with E-state index in [4.69, 9.17) is 5.73 Å². The first-order chi connectivity index (χ1) is 12.6. The third kappa shape index (κ3) is 4.50. The van der Waals surface area contributed by atoms with Gasteiger partial charge in [0.2, 0.25) is 11.9 Å². The van der Waals surface area contributed by atoms with Crippen LogP contribution < -0.4 is 16.0 Å². The highest BCUT2D eigenvalue weighted by atomic mass is 16.2. The molecule has 1 saturated heterocycles. The van der Waals surface area contributed by atoms with Gasteiger partial charge in [0.05, 0.1) is 12.1 Å². The van der Waals surface area contributed by atoms with Crippen LogP contribution in [0.3, 0.4) is 0 Å². The lowest BCUT2D eigenvalue weighted by atomic mass is 9.84. The molecule has 140 valence electrons. The minimum absolute atomic E-state index is 0.193. The van der Waals surface area contributed by atoms with Gasteiger partial charge in [-0.25, -0.2) is 9.97 Å². The van der Waals surface area contributed by atoms with Gasteiger partial charge in [-0.3, -0.25) is 4.79 Å². The van der Waals surface area contributed by atoms with E-state index >= 15 is 0 Å². The van der Waals surface area contributed by atoms with E-state index in [1.54, 1.807) is 18.5 Å². The van der Waals surface area contributed by atoms with Gasteiger partial charge in [-0.1, -0.05) is 32.1 Å². The number of nitrogens with zero attached hydrogens (tertiary/aromatic N) is 4. The molecule has 0 spiro atoms. The average Bonchev–Trinajstić information content (AvgIpc) is 2.70. The summed E-state index contributed by atoms with van der Waals surface area (Å²) >= 11 is 0. The number of aromatic nitrogens is 2. The molecule has 1 saturated carbocycles. The van der Waals surface area contributed by atoms with Gasteiger partial charge in [0.25, 0.3) is 0 Å². The van der Waals surface area contributed by atoms with Crippen LogP contribution in [-0.2, 0) is 4.79 Å². The molecule has 1 aliphatic heterocycles. The van der Waals surface area contributed by atoms with Crippen molar-refractivity contribution in [3.8, 4) is 6.07 Å². The number of hydrogen-bond donors (Lipinski definition) is 2. The van der Waals surface area contributed by atoms with Crippen molar-refractivity contribution in [1.82, 2.24) is 15.3 Å². The fraction of sp³-hybridized carbons (Fsp3) is 0.684. The molecule has 2 heterocycles. The fourth-order valence-electron chi connectivity index (χ4n) is 4.03. The molecule has 7 heteroatoms. The summed E-state index contributed by atoms with van der Waals surface area (Å²) in [6.45, 7) is 1.27. The Balaban J connectivity index is 1.53. The molecule has 3 N–H and O–H groups in total. The maximum absolute atomic E-state index is 12.6. The lowest BCUT2D eigenvalue weighted by Gasteiger charge is -2.38. The van der Waals surface area contributed by atoms with Crippen molar-refractivity contribution >= 4 is 11.9 Å². The van der Waals surface area contributed by atoms with E-state index in [-0.39, 0.29) is 5.91 Å². The molecular weight excluding hydrogens is 328 g/mol. The zero-order valence-corrected chi connectivity index (χ0v) is 15.2. The predicted octanol–water partition coefficient (Wildman–Crippen LogP) is 1.75. The van der Waals surface area contributed by atoms with Crippen molar-refractivity contribution in [2.75, 3.05) is 18.0 Å². The first kappa shape index (κ1) is 18.6. The lowest BCUT2D eigenvalue weighted by molar-refractivity contribution is -0.124. The molecule has 1 aliphatic carbocycles. The Bertz CT molecular complexity index is 629. The largest absolute Gasteiger partial charge is 0.341 e. The number of anilines is 1. The number of carbonyl (C=O) groups is 1. The SMILES string of the molecule is N#CC1(NC(=O)C(N)CC2CCCCC2)CCN(c2ncccn2)CC1. The second kappa shape index (κ2) is 8.45. The Kier molecular flexibility index (Phi) is 6.04. The summed E-state index contributed by atoms with van der Waals surface area (Å²) in [6.07, 6.45) is 11.3. The number of hydrogen-bond acceptors (Lipinski definition) is 6. The molecular formula is C19H28N6O. The van der Waals surface area contributed by atoms with Crippen LogP contribution in [0.1, 0.15) is 51.4 Å². The van der Waals surface area contributed by atoms with E-state index < -0.39 is 11.6 Å². The number of piperidine rings is 1. The van der Waals surface area contributed by atoms with Crippen LogP contribution in [0.5, 0.6) is 0 Å². The molecule has 3 rings (SSSR count). The van der Waals surface area contributed by atoms with Gasteiger partial charge < -0.3 is 16.0 Å². The maximum atomic E-state index is 12.6. The Morgan fingerprint density at radius 3 is 2.58 bits per heavy atom. The summed E-state index contributed by atoms with van der Waals surface area (Å²) in [7, 11) is 0. The third-order valence-corrected chi connectivity index (χ3v) is 5.68. The van der Waals surface area contributed by atoms with Crippen molar-refractivity contribution in [3.05, 3.63) is 18.5 Å². The molecule has 1 aromatic rings. The van der Waals surface area contributed by atoms with E-state index in [0.29, 0.717) is 37.8 Å². The topological polar surface area (TPSA) is 108 Å². The summed E-state index contributed by atoms with van der Waals surface area (Å²) in [6, 6.07) is 3.57. The van der Waals surface area contributed by atoms with Crippen molar-refractivity contribution in [3.63, 3.8) is 0 Å². The predicted molar refractivity (Wildman–Crippen MR) is 99.1 cm³/mol. The quantitative estimate of drug-likeness (QED) is 0.832. The number of nitrogens with two attached hydrogens (primary N) is 1. The molecule has 2 fully saturated rings. The molecule has 0 bridgehead atoms. The van der Waals surface area contributed by atoms with E-state index in [1.807, 2.05) is 4.90 Å². The minimum Gasteiger partial charge on any atom is -0.341 e. The van der Waals surface area contributed by atoms with Crippen molar-refractivity contribution in [2.24, 2.45) is 11.7 Å². The van der Waals surface area contributed by atoms with E-state index in [0.717, 1.165) is 19.3 Å². The molecule has 1 unspecified atom stereocenters. The van der Waals surface area contributed by atoms with Crippen LogP contribution in [0.4, 0.5) is 5.95 Å². The van der Waals surface area contributed by atoms with Crippen molar-refractivity contribution < 1.29 is 4.79 Å². The fourth-order valence-corrected chi connectivity index (χ4v) is 4.03. The van der Waals surface area contributed by atoms with Gasteiger partial charge in [0.15, 0.2) is 0 Å². The van der Waals surface area contributed by atoms with Crippen molar-refractivity contribution in [2.45, 2.75) is 62.9 Å². The highest BCUT2D eigenvalue weighted by Crippen LogP contribution is 2.28. The van der Waals surface area contributed by atoms with Crippen LogP contribution in [-0.4, -0.2) is 40.5 Å². The number of nitrogens with one attached hydrogen (secondary N) is 1. The first-order valence-corrected chi connectivity index (χ1v) is 9.63. The van der Waals surface area contributed by atoms with Crippen LogP contribution in [0.15, 0.2) is 18.5 Å². The number of amides is 1. The summed E-state index contributed by atoms with van der Waals surface area (Å²) in [5.41, 5.74) is 5.30. The summed E-state index contributed by atoms with van der Waals surface area (Å²) in [5.74, 6) is 1.01. The molecule has 0 radical (unpaired) electrons. The summed E-state index contributed by atoms with van der Waals surface area (Å²) < 4.78 is 0. The van der Waals surface area contributed by atoms with E-state index in [9.17, 15) is 10.1 Å². The summed E-state index contributed by atoms with van der Waals surface area (Å²) in [4.78, 5) is 23.1. The average molecular weight is 356 g/mol. The highest BCUT2D eigenvalue weighted by Gasteiger charge is 2.38. The molecule has 0 aromatic carbocycles. The van der Waals surface area contributed by atoms with E-state index in [1.165, 1.54) is 19.3 Å². The normalized spacial score (nSPS) is 21.6. The van der Waals surface area contributed by atoms with Crippen LogP contribution in [0, 0.1) is 17.2 Å². The van der Waals surface area contributed by atoms with Crippen molar-refractivity contribution in [1.29, 1.82) is 5.26 Å². The molecule has 1 aromatic heterocycles.